The minimum atomic E-state index is -1.12. The highest BCUT2D eigenvalue weighted by Crippen LogP contribution is 2.36. The molecular formula is C22H22ClF3N2O3. The molecule has 2 aromatic carbocycles. The summed E-state index contributed by atoms with van der Waals surface area (Å²) in [6.45, 7) is -0.00456. The van der Waals surface area contributed by atoms with Gasteiger partial charge in [-0.25, -0.2) is 13.2 Å². The second kappa shape index (κ2) is 8.59. The Hall–Kier alpha value is -2.45. The van der Waals surface area contributed by atoms with Crippen LogP contribution in [0.4, 0.5) is 24.5 Å². The molecule has 3 N–H and O–H groups in total. The van der Waals surface area contributed by atoms with E-state index in [1.807, 2.05) is 0 Å². The van der Waals surface area contributed by atoms with Gasteiger partial charge >= 0.3 is 0 Å². The second-order valence-corrected chi connectivity index (χ2v) is 8.56. The van der Waals surface area contributed by atoms with Gasteiger partial charge in [0.1, 0.15) is 23.9 Å². The quantitative estimate of drug-likeness (QED) is 0.606. The van der Waals surface area contributed by atoms with Crippen molar-refractivity contribution in [2.75, 3.05) is 17.2 Å². The first kappa shape index (κ1) is 21.8. The number of fused-ring (bicyclic) bond motifs is 1. The van der Waals surface area contributed by atoms with Gasteiger partial charge in [-0.15, -0.1) is 0 Å². The fourth-order valence-corrected chi connectivity index (χ4v) is 4.29. The van der Waals surface area contributed by atoms with E-state index in [0.717, 1.165) is 12.1 Å². The van der Waals surface area contributed by atoms with Crippen LogP contribution < -0.4 is 15.4 Å². The van der Waals surface area contributed by atoms with E-state index in [2.05, 4.69) is 10.6 Å². The van der Waals surface area contributed by atoms with Crippen LogP contribution >= 0.6 is 11.6 Å². The van der Waals surface area contributed by atoms with Gasteiger partial charge in [0.2, 0.25) is 5.91 Å². The molecule has 1 fully saturated rings. The van der Waals surface area contributed by atoms with Crippen LogP contribution in [-0.4, -0.2) is 29.3 Å². The molecular weight excluding hydrogens is 433 g/mol. The standard InChI is InChI=1S/C22H22ClF3N2O3/c23-12-9-16(25)21(17(26)10-12)27-13-5-7-22(30,8-6-13)11-31-18-3-2-15(24)20-14(18)1-4-19(29)28-20/h2-3,9-10,13,27,30H,1,4-8,11H2,(H,28,29). The minimum absolute atomic E-state index is 0.00456. The molecule has 0 bridgehead atoms. The highest BCUT2D eigenvalue weighted by atomic mass is 35.5. The van der Waals surface area contributed by atoms with E-state index in [-0.39, 0.29) is 41.4 Å². The molecule has 0 saturated heterocycles. The molecule has 1 heterocycles. The Kier molecular flexibility index (Phi) is 6.03. The maximum Gasteiger partial charge on any atom is 0.224 e. The van der Waals surface area contributed by atoms with Crippen molar-refractivity contribution in [2.24, 2.45) is 0 Å². The van der Waals surface area contributed by atoms with Crippen molar-refractivity contribution >= 4 is 28.9 Å². The molecule has 0 spiro atoms. The Balaban J connectivity index is 1.37. The number of nitrogens with one attached hydrogen (secondary N) is 2. The van der Waals surface area contributed by atoms with E-state index in [1.54, 1.807) is 0 Å². The second-order valence-electron chi connectivity index (χ2n) is 8.12. The number of anilines is 2. The van der Waals surface area contributed by atoms with Gasteiger partial charge in [-0.2, -0.15) is 0 Å². The molecule has 1 aliphatic heterocycles. The highest BCUT2D eigenvalue weighted by molar-refractivity contribution is 6.30. The van der Waals surface area contributed by atoms with Gasteiger partial charge < -0.3 is 20.5 Å². The molecule has 166 valence electrons. The molecule has 2 aromatic rings. The average molecular weight is 455 g/mol. The van der Waals surface area contributed by atoms with Crippen LogP contribution in [0.1, 0.15) is 37.7 Å². The number of amides is 1. The van der Waals surface area contributed by atoms with Crippen molar-refractivity contribution < 1.29 is 27.8 Å². The van der Waals surface area contributed by atoms with Gasteiger partial charge in [-0.05, 0) is 56.4 Å². The molecule has 1 aliphatic carbocycles. The summed E-state index contributed by atoms with van der Waals surface area (Å²) in [5.41, 5.74) is -0.641. The van der Waals surface area contributed by atoms with Crippen molar-refractivity contribution in [3.63, 3.8) is 0 Å². The number of benzene rings is 2. The molecule has 0 radical (unpaired) electrons. The fraction of sp³-hybridized carbons (Fsp3) is 0.409. The van der Waals surface area contributed by atoms with E-state index in [4.69, 9.17) is 16.3 Å². The Bertz CT molecular complexity index is 987. The molecule has 1 amide bonds. The SMILES string of the molecule is O=C1CCc2c(OCC3(O)CCC(Nc4c(F)cc(Cl)cc4F)CC3)ccc(F)c2N1. The predicted octanol–water partition coefficient (Wildman–Crippen LogP) is 4.81. The largest absolute Gasteiger partial charge is 0.490 e. The van der Waals surface area contributed by atoms with Gasteiger partial charge in [0.15, 0.2) is 11.6 Å². The summed E-state index contributed by atoms with van der Waals surface area (Å²) in [5, 5.41) is 16.3. The Labute approximate surface area is 182 Å². The lowest BCUT2D eigenvalue weighted by Crippen LogP contribution is -2.43. The summed E-state index contributed by atoms with van der Waals surface area (Å²) in [6, 6.07) is 4.60. The van der Waals surface area contributed by atoms with Crippen molar-refractivity contribution in [3.05, 3.63) is 52.3 Å². The van der Waals surface area contributed by atoms with Crippen LogP contribution in [0.25, 0.3) is 0 Å². The number of halogens is 4. The number of carbonyl (C=O) groups is 1. The number of rotatable bonds is 5. The molecule has 0 aromatic heterocycles. The maximum absolute atomic E-state index is 14.0. The third-order valence-electron chi connectivity index (χ3n) is 5.85. The third kappa shape index (κ3) is 4.75. The van der Waals surface area contributed by atoms with Crippen LogP contribution in [0.15, 0.2) is 24.3 Å². The Morgan fingerprint density at radius 2 is 1.81 bits per heavy atom. The van der Waals surface area contributed by atoms with Crippen LogP contribution in [0, 0.1) is 17.5 Å². The van der Waals surface area contributed by atoms with E-state index < -0.39 is 23.1 Å². The average Bonchev–Trinajstić information content (AvgIpc) is 2.72. The Morgan fingerprint density at radius 1 is 1.13 bits per heavy atom. The van der Waals surface area contributed by atoms with E-state index in [1.165, 1.54) is 12.1 Å². The summed E-state index contributed by atoms with van der Waals surface area (Å²) < 4.78 is 47.8. The zero-order valence-electron chi connectivity index (χ0n) is 16.6. The molecule has 2 aliphatic rings. The first-order valence-electron chi connectivity index (χ1n) is 10.1. The number of hydrogen-bond donors (Lipinski definition) is 3. The topological polar surface area (TPSA) is 70.6 Å². The normalized spacial score (nSPS) is 23.1. The minimum Gasteiger partial charge on any atom is -0.490 e. The summed E-state index contributed by atoms with van der Waals surface area (Å²) in [4.78, 5) is 11.5. The number of carbonyl (C=O) groups excluding carboxylic acids is 1. The molecule has 0 atom stereocenters. The van der Waals surface area contributed by atoms with Crippen LogP contribution in [0.3, 0.4) is 0 Å². The van der Waals surface area contributed by atoms with Gasteiger partial charge in [0.05, 0.1) is 11.3 Å². The monoisotopic (exact) mass is 454 g/mol. The van der Waals surface area contributed by atoms with Crippen molar-refractivity contribution in [1.29, 1.82) is 0 Å². The molecule has 0 unspecified atom stereocenters. The number of ether oxygens (including phenoxy) is 1. The fourth-order valence-electron chi connectivity index (χ4n) is 4.10. The molecule has 4 rings (SSSR count). The lowest BCUT2D eigenvalue weighted by molar-refractivity contribution is -0.116. The van der Waals surface area contributed by atoms with E-state index in [0.29, 0.717) is 43.4 Å². The molecule has 9 heteroatoms. The summed E-state index contributed by atoms with van der Waals surface area (Å²) in [5.74, 6) is -1.87. The predicted molar refractivity (Wildman–Crippen MR) is 111 cm³/mol. The van der Waals surface area contributed by atoms with Crippen molar-refractivity contribution in [2.45, 2.75) is 50.2 Å². The number of aliphatic hydroxyl groups is 1. The van der Waals surface area contributed by atoms with Gasteiger partial charge in [-0.3, -0.25) is 4.79 Å². The molecule has 5 nitrogen and oxygen atoms in total. The lowest BCUT2D eigenvalue weighted by atomic mass is 9.82. The number of hydrogen-bond acceptors (Lipinski definition) is 4. The van der Waals surface area contributed by atoms with Gasteiger partial charge in [0.25, 0.3) is 0 Å². The zero-order valence-corrected chi connectivity index (χ0v) is 17.4. The van der Waals surface area contributed by atoms with Crippen LogP contribution in [-0.2, 0) is 11.2 Å². The first-order valence-corrected chi connectivity index (χ1v) is 10.5. The van der Waals surface area contributed by atoms with Crippen LogP contribution in [0.5, 0.6) is 5.75 Å². The van der Waals surface area contributed by atoms with E-state index >= 15 is 0 Å². The third-order valence-corrected chi connectivity index (χ3v) is 6.07. The molecule has 1 saturated carbocycles. The van der Waals surface area contributed by atoms with Gasteiger partial charge in [-0.1, -0.05) is 11.6 Å². The summed E-state index contributed by atoms with van der Waals surface area (Å²) >= 11 is 5.65. The summed E-state index contributed by atoms with van der Waals surface area (Å²) in [7, 11) is 0. The maximum atomic E-state index is 14.0. The smallest absolute Gasteiger partial charge is 0.224 e. The van der Waals surface area contributed by atoms with Crippen LogP contribution in [0.2, 0.25) is 5.02 Å². The van der Waals surface area contributed by atoms with Crippen molar-refractivity contribution in [3.8, 4) is 5.75 Å². The summed E-state index contributed by atoms with van der Waals surface area (Å²) in [6.07, 6.45) is 2.29. The Morgan fingerprint density at radius 3 is 2.48 bits per heavy atom. The zero-order chi connectivity index (χ0) is 22.2. The molecule has 31 heavy (non-hydrogen) atoms. The first-order chi connectivity index (χ1) is 14.7. The van der Waals surface area contributed by atoms with Crippen molar-refractivity contribution in [1.82, 2.24) is 0 Å². The van der Waals surface area contributed by atoms with Gasteiger partial charge in [0, 0.05) is 23.0 Å². The highest BCUT2D eigenvalue weighted by Gasteiger charge is 2.35. The lowest BCUT2D eigenvalue weighted by Gasteiger charge is -2.36. The van der Waals surface area contributed by atoms with E-state index in [9.17, 15) is 23.1 Å².